The molecule has 0 saturated carbocycles. The standard InChI is InChI=1S/C13H16N2O3S/c1-4-15-19(16,17)13-7-11(6-5-9(13)2)12-8-14-10(3)18-12/h5-8,15H,4H2,1-3H3. The Morgan fingerprint density at radius 1 is 1.32 bits per heavy atom. The van der Waals surface area contributed by atoms with Gasteiger partial charge >= 0.3 is 0 Å². The highest BCUT2D eigenvalue weighted by Crippen LogP contribution is 2.25. The lowest BCUT2D eigenvalue weighted by molar-refractivity contribution is 0.534. The Morgan fingerprint density at radius 3 is 2.63 bits per heavy atom. The molecule has 1 N–H and O–H groups in total. The Morgan fingerprint density at radius 2 is 2.05 bits per heavy atom. The molecule has 1 heterocycles. The number of nitrogens with zero attached hydrogens (tertiary/aromatic N) is 1. The number of hydrogen-bond acceptors (Lipinski definition) is 4. The first-order chi connectivity index (χ1) is 8.94. The molecule has 0 unspecified atom stereocenters. The van der Waals surface area contributed by atoms with Crippen molar-refractivity contribution in [3.63, 3.8) is 0 Å². The second kappa shape index (κ2) is 5.14. The van der Waals surface area contributed by atoms with E-state index >= 15 is 0 Å². The van der Waals surface area contributed by atoms with Crippen LogP contribution in [0.2, 0.25) is 0 Å². The number of oxazole rings is 1. The highest BCUT2D eigenvalue weighted by Gasteiger charge is 2.17. The first-order valence-electron chi connectivity index (χ1n) is 5.97. The van der Waals surface area contributed by atoms with Crippen LogP contribution >= 0.6 is 0 Å². The van der Waals surface area contributed by atoms with Gasteiger partial charge in [0.25, 0.3) is 0 Å². The first-order valence-corrected chi connectivity index (χ1v) is 7.45. The van der Waals surface area contributed by atoms with Crippen molar-refractivity contribution in [2.45, 2.75) is 25.7 Å². The van der Waals surface area contributed by atoms with Gasteiger partial charge in [0.05, 0.1) is 11.1 Å². The van der Waals surface area contributed by atoms with E-state index in [1.165, 1.54) is 0 Å². The number of rotatable bonds is 4. The van der Waals surface area contributed by atoms with Gasteiger partial charge in [0.15, 0.2) is 11.7 Å². The fraction of sp³-hybridized carbons (Fsp3) is 0.308. The van der Waals surface area contributed by atoms with Gasteiger partial charge < -0.3 is 4.42 Å². The van der Waals surface area contributed by atoms with E-state index in [9.17, 15) is 8.42 Å². The predicted molar refractivity (Wildman–Crippen MR) is 72.3 cm³/mol. The van der Waals surface area contributed by atoms with Crippen molar-refractivity contribution in [3.05, 3.63) is 35.9 Å². The lowest BCUT2D eigenvalue weighted by Gasteiger charge is -2.09. The minimum Gasteiger partial charge on any atom is -0.441 e. The number of aryl methyl sites for hydroxylation is 2. The summed E-state index contributed by atoms with van der Waals surface area (Å²) in [5, 5.41) is 0. The molecule has 0 saturated heterocycles. The fourth-order valence-corrected chi connectivity index (χ4v) is 3.12. The summed E-state index contributed by atoms with van der Waals surface area (Å²) in [5.74, 6) is 1.11. The van der Waals surface area contributed by atoms with Crippen LogP contribution in [-0.2, 0) is 10.0 Å². The summed E-state index contributed by atoms with van der Waals surface area (Å²) in [6.45, 7) is 5.61. The summed E-state index contributed by atoms with van der Waals surface area (Å²) < 4.78 is 32.1. The van der Waals surface area contributed by atoms with Gasteiger partial charge in [-0.3, -0.25) is 0 Å². The monoisotopic (exact) mass is 280 g/mol. The van der Waals surface area contributed by atoms with Gasteiger partial charge in [-0.05, 0) is 18.6 Å². The average molecular weight is 280 g/mol. The minimum atomic E-state index is -3.48. The molecule has 2 aromatic rings. The molecule has 0 amide bonds. The summed E-state index contributed by atoms with van der Waals surface area (Å²) in [6, 6.07) is 5.19. The van der Waals surface area contributed by atoms with Crippen LogP contribution in [0.4, 0.5) is 0 Å². The zero-order valence-corrected chi connectivity index (χ0v) is 11.9. The van der Waals surface area contributed by atoms with Gasteiger partial charge in [-0.15, -0.1) is 0 Å². The molecule has 0 atom stereocenters. The molecule has 1 aromatic heterocycles. The van der Waals surface area contributed by atoms with Crippen LogP contribution in [0.3, 0.4) is 0 Å². The van der Waals surface area contributed by atoms with Crippen LogP contribution in [0.5, 0.6) is 0 Å². The molecule has 5 nitrogen and oxygen atoms in total. The third-order valence-electron chi connectivity index (χ3n) is 2.72. The fourth-order valence-electron chi connectivity index (χ4n) is 1.81. The number of hydrogen-bond donors (Lipinski definition) is 1. The molecule has 19 heavy (non-hydrogen) atoms. The number of sulfonamides is 1. The Hall–Kier alpha value is -1.66. The average Bonchev–Trinajstić information content (AvgIpc) is 2.76. The lowest BCUT2D eigenvalue weighted by atomic mass is 10.1. The lowest BCUT2D eigenvalue weighted by Crippen LogP contribution is -2.23. The van der Waals surface area contributed by atoms with Crippen molar-refractivity contribution in [2.75, 3.05) is 6.54 Å². The Labute approximate surface area is 112 Å². The van der Waals surface area contributed by atoms with Gasteiger partial charge in [0.2, 0.25) is 10.0 Å². The summed E-state index contributed by atoms with van der Waals surface area (Å²) in [7, 11) is -3.48. The van der Waals surface area contributed by atoms with E-state index in [-0.39, 0.29) is 4.90 Å². The summed E-state index contributed by atoms with van der Waals surface area (Å²) in [4.78, 5) is 4.28. The normalized spacial score (nSPS) is 11.7. The Bertz CT molecular complexity index is 690. The van der Waals surface area contributed by atoms with Crippen LogP contribution < -0.4 is 4.72 Å². The van der Waals surface area contributed by atoms with E-state index in [1.807, 2.05) is 6.07 Å². The van der Waals surface area contributed by atoms with E-state index in [1.54, 1.807) is 39.1 Å². The molecule has 0 bridgehead atoms. The van der Waals surface area contributed by atoms with Crippen molar-refractivity contribution >= 4 is 10.0 Å². The molecule has 6 heteroatoms. The third kappa shape index (κ3) is 2.85. The molecule has 0 aliphatic heterocycles. The van der Waals surface area contributed by atoms with Crippen LogP contribution in [0.1, 0.15) is 18.4 Å². The number of aromatic nitrogens is 1. The van der Waals surface area contributed by atoms with Crippen molar-refractivity contribution in [1.29, 1.82) is 0 Å². The van der Waals surface area contributed by atoms with E-state index in [0.29, 0.717) is 29.3 Å². The van der Waals surface area contributed by atoms with Crippen molar-refractivity contribution in [1.82, 2.24) is 9.71 Å². The van der Waals surface area contributed by atoms with Gasteiger partial charge in [-0.1, -0.05) is 19.1 Å². The van der Waals surface area contributed by atoms with E-state index in [0.717, 1.165) is 0 Å². The highest BCUT2D eigenvalue weighted by atomic mass is 32.2. The van der Waals surface area contributed by atoms with E-state index < -0.39 is 10.0 Å². The van der Waals surface area contributed by atoms with Crippen LogP contribution in [0.15, 0.2) is 33.7 Å². The maximum atomic E-state index is 12.1. The zero-order chi connectivity index (χ0) is 14.0. The molecule has 0 spiro atoms. The third-order valence-corrected chi connectivity index (χ3v) is 4.41. The second-order valence-electron chi connectivity index (χ2n) is 4.23. The Kier molecular flexibility index (Phi) is 3.73. The van der Waals surface area contributed by atoms with Crippen LogP contribution in [0, 0.1) is 13.8 Å². The van der Waals surface area contributed by atoms with Gasteiger partial charge in [0.1, 0.15) is 0 Å². The molecule has 0 fully saturated rings. The van der Waals surface area contributed by atoms with Crippen molar-refractivity contribution in [2.24, 2.45) is 0 Å². The van der Waals surface area contributed by atoms with Crippen LogP contribution in [-0.4, -0.2) is 19.9 Å². The summed E-state index contributed by atoms with van der Waals surface area (Å²) in [6.07, 6.45) is 1.59. The summed E-state index contributed by atoms with van der Waals surface area (Å²) in [5.41, 5.74) is 1.39. The molecule has 1 aromatic carbocycles. The quantitative estimate of drug-likeness (QED) is 0.932. The van der Waals surface area contributed by atoms with Crippen molar-refractivity contribution < 1.29 is 12.8 Å². The van der Waals surface area contributed by atoms with E-state index in [2.05, 4.69) is 9.71 Å². The SMILES string of the molecule is CCNS(=O)(=O)c1cc(-c2cnc(C)o2)ccc1C. The Balaban J connectivity index is 2.52. The van der Waals surface area contributed by atoms with Crippen molar-refractivity contribution in [3.8, 4) is 11.3 Å². The molecular formula is C13H16N2O3S. The smallest absolute Gasteiger partial charge is 0.240 e. The van der Waals surface area contributed by atoms with Gasteiger partial charge in [0, 0.05) is 19.0 Å². The zero-order valence-electron chi connectivity index (χ0n) is 11.1. The minimum absolute atomic E-state index is 0.265. The number of benzene rings is 1. The number of nitrogens with one attached hydrogen (secondary N) is 1. The topological polar surface area (TPSA) is 72.2 Å². The maximum absolute atomic E-state index is 12.1. The van der Waals surface area contributed by atoms with Gasteiger partial charge in [-0.2, -0.15) is 0 Å². The van der Waals surface area contributed by atoms with Gasteiger partial charge in [-0.25, -0.2) is 18.1 Å². The van der Waals surface area contributed by atoms with E-state index in [4.69, 9.17) is 4.42 Å². The second-order valence-corrected chi connectivity index (χ2v) is 5.96. The molecule has 0 aliphatic rings. The van der Waals surface area contributed by atoms with Crippen LogP contribution in [0.25, 0.3) is 11.3 Å². The summed E-state index contributed by atoms with van der Waals surface area (Å²) >= 11 is 0. The molecule has 0 aliphatic carbocycles. The molecule has 102 valence electrons. The first kappa shape index (κ1) is 13.8. The maximum Gasteiger partial charge on any atom is 0.240 e. The largest absolute Gasteiger partial charge is 0.441 e. The molecule has 2 rings (SSSR count). The molecule has 0 radical (unpaired) electrons. The highest BCUT2D eigenvalue weighted by molar-refractivity contribution is 7.89. The molecular weight excluding hydrogens is 264 g/mol. The predicted octanol–water partition coefficient (Wildman–Crippen LogP) is 2.26.